The Bertz CT molecular complexity index is 603. The normalized spacial score (nSPS) is 19.6. The molecule has 110 valence electrons. The fraction of sp³-hybridized carbons (Fsp3) is 0.462. The van der Waals surface area contributed by atoms with Crippen LogP contribution < -0.4 is 9.62 Å². The molecule has 1 amide bonds. The fourth-order valence-electron chi connectivity index (χ4n) is 2.26. The smallest absolute Gasteiger partial charge is 0.228 e. The fourth-order valence-corrected chi connectivity index (χ4v) is 3.58. The van der Waals surface area contributed by atoms with Crippen LogP contribution in [0.4, 0.5) is 10.1 Å². The number of rotatable bonds is 5. The number of sulfonamides is 1. The Labute approximate surface area is 117 Å². The zero-order chi connectivity index (χ0) is 14.8. The number of carbonyl (C=O) groups is 1. The van der Waals surface area contributed by atoms with Crippen molar-refractivity contribution in [3.8, 4) is 0 Å². The number of benzene rings is 1. The summed E-state index contributed by atoms with van der Waals surface area (Å²) in [6.07, 6.45) is 0.614. The van der Waals surface area contributed by atoms with Crippen LogP contribution in [0.2, 0.25) is 0 Å². The van der Waals surface area contributed by atoms with E-state index in [1.54, 1.807) is 13.0 Å². The number of nitrogens with one attached hydrogen (secondary N) is 1. The number of hydrogen-bond donors (Lipinski definition) is 1. The second-order valence-electron chi connectivity index (χ2n) is 4.82. The maximum atomic E-state index is 13.2. The Morgan fingerprint density at radius 3 is 2.85 bits per heavy atom. The van der Waals surface area contributed by atoms with Gasteiger partial charge in [-0.05, 0) is 24.6 Å². The van der Waals surface area contributed by atoms with E-state index in [9.17, 15) is 17.6 Å². The van der Waals surface area contributed by atoms with Crippen molar-refractivity contribution >= 4 is 21.6 Å². The minimum Gasteiger partial charge on any atom is -0.311 e. The quantitative estimate of drug-likeness (QED) is 0.890. The van der Waals surface area contributed by atoms with Gasteiger partial charge in [0.15, 0.2) is 0 Å². The Balaban J connectivity index is 2.08. The molecule has 1 saturated heterocycles. The van der Waals surface area contributed by atoms with Crippen LogP contribution in [0, 0.1) is 5.82 Å². The molecule has 1 aliphatic heterocycles. The largest absolute Gasteiger partial charge is 0.311 e. The molecule has 0 saturated carbocycles. The minimum atomic E-state index is -3.36. The summed E-state index contributed by atoms with van der Waals surface area (Å²) in [5.41, 5.74) is 0.451. The van der Waals surface area contributed by atoms with Gasteiger partial charge in [-0.15, -0.1) is 0 Å². The maximum Gasteiger partial charge on any atom is 0.228 e. The van der Waals surface area contributed by atoms with Gasteiger partial charge in [-0.25, -0.2) is 17.5 Å². The van der Waals surface area contributed by atoms with E-state index in [0.29, 0.717) is 12.1 Å². The summed E-state index contributed by atoms with van der Waals surface area (Å²) >= 11 is 0. The van der Waals surface area contributed by atoms with Crippen LogP contribution in [-0.2, 0) is 14.8 Å². The lowest BCUT2D eigenvalue weighted by molar-refractivity contribution is -0.117. The van der Waals surface area contributed by atoms with Crippen LogP contribution >= 0.6 is 0 Å². The molecule has 0 spiro atoms. The van der Waals surface area contributed by atoms with E-state index in [2.05, 4.69) is 4.72 Å². The lowest BCUT2D eigenvalue weighted by Gasteiger charge is -2.17. The van der Waals surface area contributed by atoms with Gasteiger partial charge in [0.2, 0.25) is 15.9 Å². The lowest BCUT2D eigenvalue weighted by Crippen LogP contribution is -2.38. The molecular formula is C13H17FN2O3S. The third kappa shape index (κ3) is 3.55. The highest BCUT2D eigenvalue weighted by molar-refractivity contribution is 7.89. The molecule has 7 heteroatoms. The van der Waals surface area contributed by atoms with Gasteiger partial charge in [0, 0.05) is 24.7 Å². The molecule has 1 aromatic carbocycles. The average molecular weight is 300 g/mol. The molecule has 2 rings (SSSR count). The molecule has 5 nitrogen and oxygen atoms in total. The number of hydrogen-bond acceptors (Lipinski definition) is 3. The summed E-state index contributed by atoms with van der Waals surface area (Å²) in [6.45, 7) is 2.00. The van der Waals surface area contributed by atoms with Crippen LogP contribution in [0.25, 0.3) is 0 Å². The van der Waals surface area contributed by atoms with E-state index in [0.717, 1.165) is 0 Å². The van der Waals surface area contributed by atoms with E-state index in [1.807, 2.05) is 0 Å². The molecule has 1 atom stereocenters. The van der Waals surface area contributed by atoms with Gasteiger partial charge in [0.05, 0.1) is 5.75 Å². The number of carbonyl (C=O) groups excluding carboxylic acids is 1. The zero-order valence-corrected chi connectivity index (χ0v) is 12.0. The minimum absolute atomic E-state index is 0.0393. The number of anilines is 1. The molecule has 1 aliphatic rings. The molecule has 1 unspecified atom stereocenters. The summed E-state index contributed by atoms with van der Waals surface area (Å²) in [7, 11) is -3.36. The number of amides is 1. The summed E-state index contributed by atoms with van der Waals surface area (Å²) in [5, 5.41) is 0. The molecule has 1 aromatic rings. The lowest BCUT2D eigenvalue weighted by atomic mass is 10.3. The molecule has 1 fully saturated rings. The van der Waals surface area contributed by atoms with E-state index in [4.69, 9.17) is 0 Å². The van der Waals surface area contributed by atoms with Crippen molar-refractivity contribution < 1.29 is 17.6 Å². The van der Waals surface area contributed by atoms with Crippen LogP contribution in [0.1, 0.15) is 19.8 Å². The van der Waals surface area contributed by atoms with E-state index in [-0.39, 0.29) is 24.6 Å². The Hall–Kier alpha value is -1.47. The van der Waals surface area contributed by atoms with E-state index < -0.39 is 21.9 Å². The summed E-state index contributed by atoms with van der Waals surface area (Å²) in [4.78, 5) is 13.3. The van der Waals surface area contributed by atoms with Crippen molar-refractivity contribution in [2.45, 2.75) is 25.8 Å². The molecule has 1 heterocycles. The summed E-state index contributed by atoms with van der Waals surface area (Å²) in [5.74, 6) is -0.595. The van der Waals surface area contributed by atoms with Gasteiger partial charge in [0.1, 0.15) is 5.82 Å². The number of nitrogens with zero attached hydrogens (tertiary/aromatic N) is 1. The Morgan fingerprint density at radius 1 is 1.45 bits per heavy atom. The van der Waals surface area contributed by atoms with Gasteiger partial charge in [0.25, 0.3) is 0 Å². The van der Waals surface area contributed by atoms with E-state index >= 15 is 0 Å². The first-order valence-corrected chi connectivity index (χ1v) is 8.12. The van der Waals surface area contributed by atoms with Crippen molar-refractivity contribution in [1.82, 2.24) is 4.72 Å². The highest BCUT2D eigenvalue weighted by atomic mass is 32.2. The first-order chi connectivity index (χ1) is 9.41. The maximum absolute atomic E-state index is 13.2. The SMILES string of the molecule is CCCS(=O)(=O)NC1CC(=O)N(c2cccc(F)c2)C1. The van der Waals surface area contributed by atoms with Gasteiger partial charge in [-0.1, -0.05) is 13.0 Å². The van der Waals surface area contributed by atoms with Crippen LogP contribution in [0.3, 0.4) is 0 Å². The second-order valence-corrected chi connectivity index (χ2v) is 6.70. The van der Waals surface area contributed by atoms with Crippen LogP contribution in [0.5, 0.6) is 0 Å². The molecule has 20 heavy (non-hydrogen) atoms. The second kappa shape index (κ2) is 5.88. The predicted molar refractivity (Wildman–Crippen MR) is 74.4 cm³/mol. The third-order valence-corrected chi connectivity index (χ3v) is 4.70. The van der Waals surface area contributed by atoms with Crippen molar-refractivity contribution in [2.75, 3.05) is 17.2 Å². The first-order valence-electron chi connectivity index (χ1n) is 6.47. The van der Waals surface area contributed by atoms with E-state index in [1.165, 1.54) is 23.1 Å². The summed E-state index contributed by atoms with van der Waals surface area (Å²) < 4.78 is 39.1. The Morgan fingerprint density at radius 2 is 2.20 bits per heavy atom. The van der Waals surface area contributed by atoms with Crippen LogP contribution in [0.15, 0.2) is 24.3 Å². The van der Waals surface area contributed by atoms with Gasteiger partial charge >= 0.3 is 0 Å². The molecule has 1 N–H and O–H groups in total. The van der Waals surface area contributed by atoms with Crippen molar-refractivity contribution in [3.63, 3.8) is 0 Å². The first kappa shape index (κ1) is 14.9. The topological polar surface area (TPSA) is 66.5 Å². The Kier molecular flexibility index (Phi) is 4.39. The molecular weight excluding hydrogens is 283 g/mol. The molecule has 0 aliphatic carbocycles. The van der Waals surface area contributed by atoms with Crippen molar-refractivity contribution in [2.24, 2.45) is 0 Å². The standard InChI is InChI=1S/C13H17FN2O3S/c1-2-6-20(18,19)15-11-8-13(17)16(9-11)12-5-3-4-10(14)7-12/h3-5,7,11,15H,2,6,8-9H2,1H3. The highest BCUT2D eigenvalue weighted by Gasteiger charge is 2.32. The molecule has 0 aromatic heterocycles. The van der Waals surface area contributed by atoms with Gasteiger partial charge in [-0.3, -0.25) is 4.79 Å². The average Bonchev–Trinajstić information content (AvgIpc) is 2.69. The highest BCUT2D eigenvalue weighted by Crippen LogP contribution is 2.22. The monoisotopic (exact) mass is 300 g/mol. The number of halogens is 1. The van der Waals surface area contributed by atoms with Crippen molar-refractivity contribution in [1.29, 1.82) is 0 Å². The van der Waals surface area contributed by atoms with Gasteiger partial charge < -0.3 is 4.90 Å². The third-order valence-electron chi connectivity index (χ3n) is 3.06. The predicted octanol–water partition coefficient (Wildman–Crippen LogP) is 1.26. The molecule has 0 radical (unpaired) electrons. The summed E-state index contributed by atoms with van der Waals surface area (Å²) in [6, 6.07) is 5.25. The van der Waals surface area contributed by atoms with Crippen molar-refractivity contribution in [3.05, 3.63) is 30.1 Å². The van der Waals surface area contributed by atoms with Crippen LogP contribution in [-0.4, -0.2) is 32.7 Å². The van der Waals surface area contributed by atoms with Gasteiger partial charge in [-0.2, -0.15) is 0 Å². The zero-order valence-electron chi connectivity index (χ0n) is 11.2. The molecule has 0 bridgehead atoms.